The van der Waals surface area contributed by atoms with Crippen LogP contribution in [0.15, 0.2) is 84.9 Å². The van der Waals surface area contributed by atoms with Gasteiger partial charge in [0, 0.05) is 6.42 Å². The number of carbonyl (C=O) groups is 3. The van der Waals surface area contributed by atoms with Gasteiger partial charge >= 0.3 is 5.97 Å². The first-order valence-corrected chi connectivity index (χ1v) is 12.4. The van der Waals surface area contributed by atoms with Gasteiger partial charge < -0.3 is 4.74 Å². The van der Waals surface area contributed by atoms with Gasteiger partial charge in [-0.05, 0) is 59.9 Å². The number of fused-ring (bicyclic) bond motifs is 5. The second-order valence-electron chi connectivity index (χ2n) is 9.95. The predicted molar refractivity (Wildman–Crippen MR) is 131 cm³/mol. The van der Waals surface area contributed by atoms with E-state index in [9.17, 15) is 14.4 Å². The molecule has 2 bridgehead atoms. The van der Waals surface area contributed by atoms with E-state index in [-0.39, 0.29) is 41.9 Å². The largest absolute Gasteiger partial charge is 0.425 e. The van der Waals surface area contributed by atoms with Crippen LogP contribution in [-0.4, -0.2) is 28.7 Å². The molecule has 5 nitrogen and oxygen atoms in total. The number of hydrogen-bond donors (Lipinski definition) is 0. The van der Waals surface area contributed by atoms with Gasteiger partial charge in [-0.25, -0.2) is 4.79 Å². The number of rotatable bonds is 6. The van der Waals surface area contributed by atoms with E-state index in [0.29, 0.717) is 5.75 Å². The molecule has 3 aliphatic rings. The molecule has 3 aromatic rings. The van der Waals surface area contributed by atoms with Crippen LogP contribution in [-0.2, 0) is 20.8 Å². The minimum absolute atomic E-state index is 0.190. The maximum absolute atomic E-state index is 13.5. The molecule has 2 saturated carbocycles. The average molecular weight is 466 g/mol. The fourth-order valence-electron chi connectivity index (χ4n) is 6.39. The van der Waals surface area contributed by atoms with Gasteiger partial charge in [0.2, 0.25) is 11.8 Å². The number of amides is 2. The van der Waals surface area contributed by atoms with Gasteiger partial charge in [-0.3, -0.25) is 14.5 Å². The molecular weight excluding hydrogens is 438 g/mol. The zero-order chi connectivity index (χ0) is 23.9. The van der Waals surface area contributed by atoms with Crippen molar-refractivity contribution in [3.63, 3.8) is 0 Å². The highest BCUT2D eigenvalue weighted by atomic mass is 16.5. The van der Waals surface area contributed by atoms with Gasteiger partial charge in [0.1, 0.15) is 11.8 Å². The first-order valence-electron chi connectivity index (χ1n) is 12.4. The Bertz CT molecular complexity index is 1230. The number of hydrogen-bond acceptors (Lipinski definition) is 4. The summed E-state index contributed by atoms with van der Waals surface area (Å²) in [6, 6.07) is 25.8. The van der Waals surface area contributed by atoms with E-state index in [2.05, 4.69) is 0 Å². The molecule has 35 heavy (non-hydrogen) atoms. The third-order valence-corrected chi connectivity index (χ3v) is 8.00. The van der Waals surface area contributed by atoms with Crippen LogP contribution in [0.4, 0.5) is 0 Å². The first kappa shape index (κ1) is 21.8. The Labute approximate surface area is 204 Å². The molecule has 3 fully saturated rings. The average Bonchev–Trinajstić information content (AvgIpc) is 3.58. The molecule has 0 radical (unpaired) electrons. The van der Waals surface area contributed by atoms with E-state index in [4.69, 9.17) is 4.74 Å². The van der Waals surface area contributed by atoms with Crippen LogP contribution in [0, 0.1) is 23.7 Å². The SMILES string of the molecule is O=C(Oc1ccc(-c2ccccc2)cc1)[C@@H](Cc1ccccc1)N1C(=O)[C@@H]2[C@@H]3CC[C@@H](C3)[C@@H]2C1=O. The van der Waals surface area contributed by atoms with Crippen molar-refractivity contribution >= 4 is 17.8 Å². The van der Waals surface area contributed by atoms with Crippen LogP contribution >= 0.6 is 0 Å². The highest BCUT2D eigenvalue weighted by Gasteiger charge is 2.62. The van der Waals surface area contributed by atoms with Crippen LogP contribution in [0.1, 0.15) is 24.8 Å². The van der Waals surface area contributed by atoms with Crippen molar-refractivity contribution < 1.29 is 19.1 Å². The van der Waals surface area contributed by atoms with Crippen molar-refractivity contribution in [3.05, 3.63) is 90.5 Å². The summed E-state index contributed by atoms with van der Waals surface area (Å²) < 4.78 is 5.76. The molecule has 5 heteroatoms. The fraction of sp³-hybridized carbons (Fsp3) is 0.300. The summed E-state index contributed by atoms with van der Waals surface area (Å²) in [6.07, 6.45) is 3.21. The van der Waals surface area contributed by atoms with Crippen molar-refractivity contribution in [2.45, 2.75) is 31.7 Å². The maximum atomic E-state index is 13.5. The third-order valence-electron chi connectivity index (χ3n) is 8.00. The molecule has 6 rings (SSSR count). The second-order valence-corrected chi connectivity index (χ2v) is 9.95. The fourth-order valence-corrected chi connectivity index (χ4v) is 6.39. The van der Waals surface area contributed by atoms with Gasteiger partial charge in [0.15, 0.2) is 0 Å². The molecule has 1 saturated heterocycles. The molecule has 1 aliphatic heterocycles. The van der Waals surface area contributed by atoms with Gasteiger partial charge in [-0.15, -0.1) is 0 Å². The summed E-state index contributed by atoms with van der Waals surface area (Å²) in [5, 5.41) is 0. The van der Waals surface area contributed by atoms with E-state index in [1.807, 2.05) is 72.8 Å². The Hall–Kier alpha value is -3.73. The maximum Gasteiger partial charge on any atom is 0.335 e. The lowest BCUT2D eigenvalue weighted by molar-refractivity contribution is -0.154. The Morgan fingerprint density at radius 1 is 0.771 bits per heavy atom. The van der Waals surface area contributed by atoms with Crippen molar-refractivity contribution in [2.24, 2.45) is 23.7 Å². The van der Waals surface area contributed by atoms with Crippen LogP contribution in [0.5, 0.6) is 5.75 Å². The number of carbonyl (C=O) groups excluding carboxylic acids is 3. The molecule has 0 N–H and O–H groups in total. The molecule has 3 aromatic carbocycles. The zero-order valence-electron chi connectivity index (χ0n) is 19.4. The second kappa shape index (κ2) is 8.81. The molecular formula is C30H27NO4. The number of nitrogens with zero attached hydrogens (tertiary/aromatic N) is 1. The van der Waals surface area contributed by atoms with Gasteiger partial charge in [-0.2, -0.15) is 0 Å². The van der Waals surface area contributed by atoms with E-state index >= 15 is 0 Å². The molecule has 1 heterocycles. The van der Waals surface area contributed by atoms with Crippen molar-refractivity contribution in [2.75, 3.05) is 0 Å². The molecule has 5 atom stereocenters. The number of likely N-dealkylation sites (tertiary alicyclic amines) is 1. The number of benzene rings is 3. The van der Waals surface area contributed by atoms with Crippen LogP contribution in [0.25, 0.3) is 11.1 Å². The quantitative estimate of drug-likeness (QED) is 0.295. The third kappa shape index (κ3) is 3.85. The highest BCUT2D eigenvalue weighted by molar-refractivity contribution is 6.08. The molecule has 0 spiro atoms. The minimum Gasteiger partial charge on any atom is -0.425 e. The summed E-state index contributed by atoms with van der Waals surface area (Å²) in [6.45, 7) is 0. The lowest BCUT2D eigenvalue weighted by Crippen LogP contribution is -2.49. The van der Waals surface area contributed by atoms with Crippen molar-refractivity contribution in [1.82, 2.24) is 4.90 Å². The minimum atomic E-state index is -0.976. The van der Waals surface area contributed by atoms with E-state index in [1.54, 1.807) is 12.1 Å². The van der Waals surface area contributed by atoms with Gasteiger partial charge in [-0.1, -0.05) is 72.8 Å². The standard InChI is InChI=1S/C30H27NO4/c32-28-26-22-11-12-23(18-22)27(26)29(33)31(28)25(17-19-7-3-1-4-8-19)30(34)35-24-15-13-21(14-16-24)20-9-5-2-6-10-20/h1-10,13-16,22-23,25-27H,11-12,17-18H2/t22-,23+,25-,26-,27+/m1/s1. The lowest BCUT2D eigenvalue weighted by Gasteiger charge is -2.26. The summed E-state index contributed by atoms with van der Waals surface area (Å²) in [7, 11) is 0. The summed E-state index contributed by atoms with van der Waals surface area (Å²) >= 11 is 0. The summed E-state index contributed by atoms with van der Waals surface area (Å²) in [4.78, 5) is 41.7. The molecule has 176 valence electrons. The van der Waals surface area contributed by atoms with Gasteiger partial charge in [0.05, 0.1) is 11.8 Å². The zero-order valence-corrected chi connectivity index (χ0v) is 19.4. The molecule has 2 amide bonds. The molecule has 0 unspecified atom stereocenters. The van der Waals surface area contributed by atoms with E-state index in [0.717, 1.165) is 36.0 Å². The molecule has 0 aromatic heterocycles. The predicted octanol–water partition coefficient (Wildman–Crippen LogP) is 4.90. The van der Waals surface area contributed by atoms with Crippen molar-refractivity contribution in [1.29, 1.82) is 0 Å². The summed E-state index contributed by atoms with van der Waals surface area (Å²) in [5.74, 6) is -0.554. The Morgan fingerprint density at radius 3 is 1.91 bits per heavy atom. The Morgan fingerprint density at radius 2 is 1.31 bits per heavy atom. The number of imide groups is 1. The van der Waals surface area contributed by atoms with Crippen molar-refractivity contribution in [3.8, 4) is 16.9 Å². The first-order chi connectivity index (χ1) is 17.1. The van der Waals surface area contributed by atoms with E-state index in [1.165, 1.54) is 4.90 Å². The number of ether oxygens (including phenoxy) is 1. The van der Waals surface area contributed by atoms with Crippen LogP contribution in [0.3, 0.4) is 0 Å². The van der Waals surface area contributed by atoms with Crippen LogP contribution in [0.2, 0.25) is 0 Å². The topological polar surface area (TPSA) is 63.7 Å². The Balaban J connectivity index is 1.26. The van der Waals surface area contributed by atoms with Crippen LogP contribution < -0.4 is 4.74 Å². The van der Waals surface area contributed by atoms with Gasteiger partial charge in [0.25, 0.3) is 0 Å². The Kier molecular flexibility index (Phi) is 5.48. The van der Waals surface area contributed by atoms with E-state index < -0.39 is 12.0 Å². The highest BCUT2D eigenvalue weighted by Crippen LogP contribution is 2.56. The lowest BCUT2D eigenvalue weighted by atomic mass is 9.81. The summed E-state index contributed by atoms with van der Waals surface area (Å²) in [5.41, 5.74) is 2.97. The molecule has 2 aliphatic carbocycles. The monoisotopic (exact) mass is 465 g/mol. The normalized spacial score (nSPS) is 25.5. The number of esters is 1. The smallest absolute Gasteiger partial charge is 0.335 e.